The van der Waals surface area contributed by atoms with E-state index in [1.54, 1.807) is 0 Å². The van der Waals surface area contributed by atoms with Crippen molar-refractivity contribution in [3.8, 4) is 0 Å². The summed E-state index contributed by atoms with van der Waals surface area (Å²) in [6, 6.07) is 15.8. The van der Waals surface area contributed by atoms with Crippen LogP contribution in [0.15, 0.2) is 48.5 Å². The topological polar surface area (TPSA) is 61.8 Å². The van der Waals surface area contributed by atoms with Gasteiger partial charge in [-0.25, -0.2) is 0 Å². The first-order valence-corrected chi connectivity index (χ1v) is 9.24. The molecule has 2 heterocycles. The van der Waals surface area contributed by atoms with Gasteiger partial charge in [0.25, 0.3) is 5.91 Å². The number of carbonyl (C=O) groups excluding carboxylic acids is 1. The third-order valence-corrected chi connectivity index (χ3v) is 5.20. The van der Waals surface area contributed by atoms with E-state index in [0.717, 1.165) is 49.3 Å². The van der Waals surface area contributed by atoms with Crippen LogP contribution in [0.25, 0.3) is 0 Å². The lowest BCUT2D eigenvalue weighted by Gasteiger charge is -2.33. The first-order valence-electron chi connectivity index (χ1n) is 9.24. The molecule has 1 unspecified atom stereocenters. The van der Waals surface area contributed by atoms with Crippen molar-refractivity contribution in [1.29, 1.82) is 0 Å². The van der Waals surface area contributed by atoms with E-state index in [9.17, 15) is 9.90 Å². The number of benzene rings is 2. The molecule has 1 saturated heterocycles. The number of nitrogens with zero attached hydrogens (tertiary/aromatic N) is 1. The summed E-state index contributed by atoms with van der Waals surface area (Å²) >= 11 is 0. The van der Waals surface area contributed by atoms with Crippen molar-refractivity contribution in [3.63, 3.8) is 0 Å². The highest BCUT2D eigenvalue weighted by Gasteiger charge is 2.28. The van der Waals surface area contributed by atoms with Crippen LogP contribution in [0.3, 0.4) is 0 Å². The number of anilines is 2. The summed E-state index contributed by atoms with van der Waals surface area (Å²) in [4.78, 5) is 15.1. The van der Waals surface area contributed by atoms with E-state index in [-0.39, 0.29) is 12.0 Å². The number of para-hydroxylation sites is 2. The molecule has 0 radical (unpaired) electrons. The van der Waals surface area contributed by atoms with Crippen LogP contribution in [-0.4, -0.2) is 36.8 Å². The Kier molecular flexibility index (Phi) is 4.91. The monoisotopic (exact) mass is 352 g/mol. The second kappa shape index (κ2) is 7.48. The highest BCUT2D eigenvalue weighted by molar-refractivity contribution is 5.98. The first kappa shape index (κ1) is 17.1. The van der Waals surface area contributed by atoms with Gasteiger partial charge in [-0.15, -0.1) is 0 Å². The summed E-state index contributed by atoms with van der Waals surface area (Å²) in [7, 11) is 0. The Labute approximate surface area is 153 Å². The molecule has 5 nitrogen and oxygen atoms in total. The van der Waals surface area contributed by atoms with Crippen molar-refractivity contribution >= 4 is 17.3 Å². The molecule has 0 saturated carbocycles. The van der Waals surface area contributed by atoms with Gasteiger partial charge in [-0.3, -0.25) is 4.79 Å². The Balaban J connectivity index is 1.54. The van der Waals surface area contributed by atoms with Gasteiger partial charge in [0.1, 0.15) is 0 Å². The molecular weight excluding hydrogens is 328 g/mol. The predicted molar refractivity (Wildman–Crippen MR) is 101 cm³/mol. The van der Waals surface area contributed by atoms with Crippen molar-refractivity contribution in [2.45, 2.75) is 31.5 Å². The minimum absolute atomic E-state index is 0.137. The highest BCUT2D eigenvalue weighted by atomic mass is 16.5. The van der Waals surface area contributed by atoms with Crippen molar-refractivity contribution in [2.75, 3.05) is 29.9 Å². The SMILES string of the molecule is O=C(Nc1ccccc1N1CCC(O)CC1)C1OCCc2ccccc21. The Morgan fingerprint density at radius 3 is 2.65 bits per heavy atom. The van der Waals surface area contributed by atoms with Gasteiger partial charge in [-0.05, 0) is 42.5 Å². The van der Waals surface area contributed by atoms with Crippen LogP contribution < -0.4 is 10.2 Å². The average molecular weight is 352 g/mol. The minimum Gasteiger partial charge on any atom is -0.393 e. The quantitative estimate of drug-likeness (QED) is 0.892. The number of rotatable bonds is 3. The number of hydrogen-bond acceptors (Lipinski definition) is 4. The molecule has 1 amide bonds. The van der Waals surface area contributed by atoms with Crippen LogP contribution in [0.2, 0.25) is 0 Å². The van der Waals surface area contributed by atoms with Crippen LogP contribution >= 0.6 is 0 Å². The van der Waals surface area contributed by atoms with Crippen LogP contribution in [0.5, 0.6) is 0 Å². The molecule has 26 heavy (non-hydrogen) atoms. The summed E-state index contributed by atoms with van der Waals surface area (Å²) in [6.45, 7) is 2.13. The summed E-state index contributed by atoms with van der Waals surface area (Å²) in [5.41, 5.74) is 3.92. The first-order chi connectivity index (χ1) is 12.7. The minimum atomic E-state index is -0.573. The zero-order valence-corrected chi connectivity index (χ0v) is 14.7. The van der Waals surface area contributed by atoms with Gasteiger partial charge in [-0.1, -0.05) is 36.4 Å². The Hall–Kier alpha value is -2.37. The number of fused-ring (bicyclic) bond motifs is 1. The third kappa shape index (κ3) is 3.45. The lowest BCUT2D eigenvalue weighted by atomic mass is 9.97. The zero-order chi connectivity index (χ0) is 17.9. The number of ether oxygens (including phenoxy) is 1. The van der Waals surface area contributed by atoms with E-state index < -0.39 is 6.10 Å². The van der Waals surface area contributed by atoms with Crippen molar-refractivity contribution < 1.29 is 14.6 Å². The maximum atomic E-state index is 12.9. The Morgan fingerprint density at radius 2 is 1.81 bits per heavy atom. The average Bonchev–Trinajstić information content (AvgIpc) is 2.68. The van der Waals surface area contributed by atoms with Crippen molar-refractivity contribution in [2.24, 2.45) is 0 Å². The second-order valence-electron chi connectivity index (χ2n) is 6.92. The molecule has 0 spiro atoms. The van der Waals surface area contributed by atoms with Gasteiger partial charge >= 0.3 is 0 Å². The number of carbonyl (C=O) groups is 1. The van der Waals surface area contributed by atoms with Gasteiger partial charge in [0.05, 0.1) is 24.1 Å². The van der Waals surface area contributed by atoms with E-state index in [1.165, 1.54) is 5.56 Å². The summed E-state index contributed by atoms with van der Waals surface area (Å²) in [5.74, 6) is -0.137. The lowest BCUT2D eigenvalue weighted by molar-refractivity contribution is -0.128. The number of hydrogen-bond donors (Lipinski definition) is 2. The van der Waals surface area contributed by atoms with E-state index in [4.69, 9.17) is 4.74 Å². The molecule has 2 N–H and O–H groups in total. The number of aliphatic hydroxyl groups excluding tert-OH is 1. The Morgan fingerprint density at radius 1 is 1.08 bits per heavy atom. The van der Waals surface area contributed by atoms with Gasteiger partial charge in [0.15, 0.2) is 6.10 Å². The fourth-order valence-corrected chi connectivity index (χ4v) is 3.77. The Bertz CT molecular complexity index is 784. The number of nitrogens with one attached hydrogen (secondary N) is 1. The predicted octanol–water partition coefficient (Wildman–Crippen LogP) is 2.90. The molecule has 5 heteroatoms. The molecule has 0 bridgehead atoms. The molecule has 1 atom stereocenters. The molecule has 2 aromatic rings. The normalized spacial score (nSPS) is 20.5. The zero-order valence-electron chi connectivity index (χ0n) is 14.7. The van der Waals surface area contributed by atoms with E-state index in [1.807, 2.05) is 42.5 Å². The van der Waals surface area contributed by atoms with E-state index >= 15 is 0 Å². The van der Waals surface area contributed by atoms with Gasteiger partial charge in [-0.2, -0.15) is 0 Å². The summed E-state index contributed by atoms with van der Waals surface area (Å²) in [5, 5.41) is 12.8. The van der Waals surface area contributed by atoms with Crippen LogP contribution in [0, 0.1) is 0 Å². The van der Waals surface area contributed by atoms with E-state index in [0.29, 0.717) is 6.61 Å². The largest absolute Gasteiger partial charge is 0.393 e. The molecule has 2 aliphatic rings. The van der Waals surface area contributed by atoms with Gasteiger partial charge < -0.3 is 20.1 Å². The maximum Gasteiger partial charge on any atom is 0.258 e. The molecule has 0 aromatic heterocycles. The van der Waals surface area contributed by atoms with Crippen LogP contribution in [0.1, 0.15) is 30.1 Å². The lowest BCUT2D eigenvalue weighted by Crippen LogP contribution is -2.36. The smallest absolute Gasteiger partial charge is 0.258 e. The molecule has 0 aliphatic carbocycles. The second-order valence-corrected chi connectivity index (χ2v) is 6.92. The molecule has 2 aliphatic heterocycles. The fourth-order valence-electron chi connectivity index (χ4n) is 3.77. The molecule has 136 valence electrons. The number of piperidine rings is 1. The van der Waals surface area contributed by atoms with Gasteiger partial charge in [0.2, 0.25) is 0 Å². The van der Waals surface area contributed by atoms with Crippen LogP contribution in [-0.2, 0) is 16.0 Å². The molecule has 2 aromatic carbocycles. The summed E-state index contributed by atoms with van der Waals surface area (Å²) in [6.07, 6.45) is 1.55. The van der Waals surface area contributed by atoms with Gasteiger partial charge in [0, 0.05) is 13.1 Å². The summed E-state index contributed by atoms with van der Waals surface area (Å²) < 4.78 is 5.78. The maximum absolute atomic E-state index is 12.9. The fraction of sp³-hybridized carbons (Fsp3) is 0.381. The van der Waals surface area contributed by atoms with Crippen LogP contribution in [0.4, 0.5) is 11.4 Å². The molecular formula is C21H24N2O3. The highest BCUT2D eigenvalue weighted by Crippen LogP contribution is 2.32. The van der Waals surface area contributed by atoms with Crippen molar-refractivity contribution in [3.05, 3.63) is 59.7 Å². The molecule has 1 fully saturated rings. The standard InChI is InChI=1S/C21H24N2O3/c24-16-9-12-23(13-10-16)19-8-4-3-7-18(19)22-21(25)20-17-6-2-1-5-15(17)11-14-26-20/h1-8,16,20,24H,9-14H2,(H,22,25). The number of amides is 1. The van der Waals surface area contributed by atoms with E-state index in [2.05, 4.69) is 16.3 Å². The van der Waals surface area contributed by atoms with Crippen molar-refractivity contribution in [1.82, 2.24) is 0 Å². The number of aliphatic hydroxyl groups is 1. The third-order valence-electron chi connectivity index (χ3n) is 5.20. The molecule has 4 rings (SSSR count).